The van der Waals surface area contributed by atoms with Crippen LogP contribution < -0.4 is 11.1 Å². The summed E-state index contributed by atoms with van der Waals surface area (Å²) in [6.07, 6.45) is -1.99. The fourth-order valence-corrected chi connectivity index (χ4v) is 4.50. The highest BCUT2D eigenvalue weighted by molar-refractivity contribution is 8.02. The van der Waals surface area contributed by atoms with Crippen LogP contribution in [0.3, 0.4) is 0 Å². The molecule has 140 valence electrons. The fourth-order valence-electron chi connectivity index (χ4n) is 2.82. The normalized spacial score (nSPS) is 28.3. The maximum Gasteiger partial charge on any atom is 0.334 e. The zero-order valence-corrected chi connectivity index (χ0v) is 15.2. The lowest BCUT2D eigenvalue weighted by Gasteiger charge is -2.25. The molecule has 1 amide bonds. The predicted molar refractivity (Wildman–Crippen MR) is 92.5 cm³/mol. The van der Waals surface area contributed by atoms with Gasteiger partial charge in [0, 0.05) is 7.05 Å². The van der Waals surface area contributed by atoms with E-state index in [2.05, 4.69) is 25.0 Å². The van der Waals surface area contributed by atoms with Gasteiger partial charge in [-0.3, -0.25) is 9.36 Å². The fraction of sp³-hybridized carbons (Fsp3) is 0.462. The Morgan fingerprint density at radius 1 is 1.46 bits per heavy atom. The summed E-state index contributed by atoms with van der Waals surface area (Å²) in [7, 11) is 2.67. The van der Waals surface area contributed by atoms with Crippen LogP contribution in [0.4, 0.5) is 5.82 Å². The number of aliphatic hydroxyl groups excluding tert-OH is 2. The average molecular weight is 403 g/mol. The first-order valence-electron chi connectivity index (χ1n) is 7.28. The van der Waals surface area contributed by atoms with E-state index in [-0.39, 0.29) is 10.9 Å². The number of hydrogen-bond donors (Lipinski definition) is 4. The molecule has 5 N–H and O–H groups in total. The second-order valence-corrected chi connectivity index (χ2v) is 7.15. The van der Waals surface area contributed by atoms with Gasteiger partial charge in [0.2, 0.25) is 15.9 Å². The number of nitrogens with zero attached hydrogens (tertiary/aromatic N) is 4. The number of imidazole rings is 1. The highest BCUT2D eigenvalue weighted by Crippen LogP contribution is 2.50. The van der Waals surface area contributed by atoms with Gasteiger partial charge in [0.15, 0.2) is 17.0 Å². The lowest BCUT2D eigenvalue weighted by atomic mass is 9.96. The number of anilines is 1. The molecule has 0 aliphatic carbocycles. The van der Waals surface area contributed by atoms with Gasteiger partial charge in [-0.2, -0.15) is 9.97 Å². The molecule has 11 nitrogen and oxygen atoms in total. The molecule has 1 aliphatic rings. The monoisotopic (exact) mass is 402 g/mol. The van der Waals surface area contributed by atoms with Crippen LogP contribution in [0.2, 0.25) is 5.28 Å². The van der Waals surface area contributed by atoms with Crippen LogP contribution in [0.1, 0.15) is 5.37 Å². The van der Waals surface area contributed by atoms with Crippen molar-refractivity contribution in [2.45, 2.75) is 22.3 Å². The van der Waals surface area contributed by atoms with Crippen LogP contribution in [0.25, 0.3) is 11.2 Å². The number of primary amides is 1. The predicted octanol–water partition coefficient (Wildman–Crippen LogP) is -1.11. The Labute approximate surface area is 155 Å². The van der Waals surface area contributed by atoms with Crippen molar-refractivity contribution in [3.05, 3.63) is 11.6 Å². The number of thioether (sulfide) groups is 1. The molecule has 0 bridgehead atoms. The molecule has 4 atom stereocenters. The number of amides is 1. The van der Waals surface area contributed by atoms with Crippen LogP contribution in [-0.4, -0.2) is 72.7 Å². The molecule has 1 saturated heterocycles. The summed E-state index contributed by atoms with van der Waals surface area (Å²) < 4.78 is 3.83. The smallest absolute Gasteiger partial charge is 0.334 e. The van der Waals surface area contributed by atoms with Gasteiger partial charge in [0.25, 0.3) is 0 Å². The minimum absolute atomic E-state index is 0.0734. The summed E-state index contributed by atoms with van der Waals surface area (Å²) in [6.45, 7) is 0. The number of hydrogen-bond acceptors (Lipinski definition) is 10. The molecule has 1 fully saturated rings. The summed E-state index contributed by atoms with van der Waals surface area (Å²) in [5, 5.41) is 22.6. The van der Waals surface area contributed by atoms with E-state index < -0.39 is 34.2 Å². The zero-order chi connectivity index (χ0) is 19.2. The number of nitrogens with two attached hydrogens (primary N) is 1. The van der Waals surface area contributed by atoms with E-state index in [0.29, 0.717) is 23.1 Å². The van der Waals surface area contributed by atoms with E-state index >= 15 is 0 Å². The average Bonchev–Trinajstić information content (AvgIpc) is 3.14. The number of rotatable bonds is 4. The molecular weight excluding hydrogens is 388 g/mol. The Bertz CT molecular complexity index is 893. The van der Waals surface area contributed by atoms with E-state index in [0.717, 1.165) is 7.11 Å². The van der Waals surface area contributed by atoms with Gasteiger partial charge < -0.3 is 26.0 Å². The SMILES string of the molecule is CNc1nc(Cl)nc2c1ncn2[C@@H]1S[C@@](C(N)=O)(C(=O)OC)[C@@H](O)[C@H]1O. The van der Waals surface area contributed by atoms with E-state index in [1.165, 1.54) is 10.9 Å². The second kappa shape index (κ2) is 6.54. The van der Waals surface area contributed by atoms with Crippen molar-refractivity contribution >= 4 is 52.2 Å². The Balaban J connectivity index is 2.14. The van der Waals surface area contributed by atoms with Crippen LogP contribution in [0.5, 0.6) is 0 Å². The Morgan fingerprint density at radius 2 is 2.15 bits per heavy atom. The van der Waals surface area contributed by atoms with Crippen molar-refractivity contribution in [1.29, 1.82) is 0 Å². The number of methoxy groups -OCH3 is 1. The van der Waals surface area contributed by atoms with Crippen molar-refractivity contribution in [2.24, 2.45) is 5.73 Å². The Hall–Kier alpha value is -2.15. The van der Waals surface area contributed by atoms with Crippen LogP contribution in [0, 0.1) is 0 Å². The first-order chi connectivity index (χ1) is 12.3. The molecule has 3 heterocycles. The minimum atomic E-state index is -2.17. The van der Waals surface area contributed by atoms with Crippen LogP contribution in [-0.2, 0) is 14.3 Å². The van der Waals surface area contributed by atoms with Gasteiger partial charge in [-0.25, -0.2) is 9.78 Å². The Kier molecular flexibility index (Phi) is 4.69. The van der Waals surface area contributed by atoms with Crippen molar-refractivity contribution in [3.8, 4) is 0 Å². The molecule has 0 saturated carbocycles. The molecule has 2 aromatic heterocycles. The van der Waals surface area contributed by atoms with Crippen LogP contribution >= 0.6 is 23.4 Å². The molecule has 13 heteroatoms. The van der Waals surface area contributed by atoms with Gasteiger partial charge in [-0.1, -0.05) is 0 Å². The molecule has 0 unspecified atom stereocenters. The topological polar surface area (TPSA) is 165 Å². The summed E-state index contributed by atoms with van der Waals surface area (Å²) >= 11 is 6.57. The summed E-state index contributed by atoms with van der Waals surface area (Å²) in [5.74, 6) is -1.83. The van der Waals surface area contributed by atoms with E-state index in [1.54, 1.807) is 7.05 Å². The quantitative estimate of drug-likeness (QED) is 0.279. The van der Waals surface area contributed by atoms with Gasteiger partial charge in [-0.15, -0.1) is 11.8 Å². The number of carbonyl (C=O) groups excluding carboxylic acids is 2. The number of aromatic nitrogens is 4. The third-order valence-electron chi connectivity index (χ3n) is 4.10. The number of nitrogens with one attached hydrogen (secondary N) is 1. The number of esters is 1. The lowest BCUT2D eigenvalue weighted by molar-refractivity contribution is -0.152. The number of carbonyl (C=O) groups is 2. The lowest BCUT2D eigenvalue weighted by Crippen LogP contribution is -2.56. The van der Waals surface area contributed by atoms with Crippen molar-refractivity contribution in [1.82, 2.24) is 19.5 Å². The molecular formula is C13H15ClN6O5S. The minimum Gasteiger partial charge on any atom is -0.468 e. The third kappa shape index (κ3) is 2.48. The standard InChI is InChI=1S/C13H15ClN6O5S/c1-16-7-4-8(19-12(14)18-7)20(3-17-4)9-5(21)6(22)13(26-9,10(15)23)11(24)25-2/h3,5-6,9,21-22H,1-2H3,(H2,15,23)(H,16,18,19)/t5-,6+,9-,13+/m1/s1. The maximum absolute atomic E-state index is 12.2. The highest BCUT2D eigenvalue weighted by Gasteiger charge is 2.64. The van der Waals surface area contributed by atoms with Crippen molar-refractivity contribution in [3.63, 3.8) is 0 Å². The van der Waals surface area contributed by atoms with Gasteiger partial charge in [0.05, 0.1) is 13.4 Å². The molecule has 0 radical (unpaired) electrons. The number of fused-ring (bicyclic) bond motifs is 1. The molecule has 26 heavy (non-hydrogen) atoms. The van der Waals surface area contributed by atoms with Crippen LogP contribution in [0.15, 0.2) is 6.33 Å². The number of aliphatic hydroxyl groups is 2. The van der Waals surface area contributed by atoms with Gasteiger partial charge in [-0.05, 0) is 11.6 Å². The highest BCUT2D eigenvalue weighted by atomic mass is 35.5. The first-order valence-corrected chi connectivity index (χ1v) is 8.53. The molecule has 0 spiro atoms. The summed E-state index contributed by atoms with van der Waals surface area (Å²) in [6, 6.07) is 0. The number of ether oxygens (including phenoxy) is 1. The van der Waals surface area contributed by atoms with Crippen molar-refractivity contribution in [2.75, 3.05) is 19.5 Å². The van der Waals surface area contributed by atoms with Crippen molar-refractivity contribution < 1.29 is 24.5 Å². The zero-order valence-electron chi connectivity index (χ0n) is 13.6. The first kappa shape index (κ1) is 18.6. The molecule has 1 aliphatic heterocycles. The second-order valence-electron chi connectivity index (χ2n) is 5.45. The van der Waals surface area contributed by atoms with E-state index in [9.17, 15) is 19.8 Å². The third-order valence-corrected chi connectivity index (χ3v) is 6.00. The van der Waals surface area contributed by atoms with Gasteiger partial charge in [0.1, 0.15) is 17.6 Å². The van der Waals surface area contributed by atoms with E-state index in [1.807, 2.05) is 0 Å². The summed E-state index contributed by atoms with van der Waals surface area (Å²) in [4.78, 5) is 36.4. The molecule has 3 rings (SSSR count). The maximum atomic E-state index is 12.2. The van der Waals surface area contributed by atoms with Gasteiger partial charge >= 0.3 is 5.97 Å². The number of halogens is 1. The summed E-state index contributed by atoms with van der Waals surface area (Å²) in [5.41, 5.74) is 5.94. The molecule has 0 aromatic carbocycles. The van der Waals surface area contributed by atoms with E-state index in [4.69, 9.17) is 17.3 Å². The largest absolute Gasteiger partial charge is 0.468 e. The molecule has 2 aromatic rings. The Morgan fingerprint density at radius 3 is 2.73 bits per heavy atom.